The fourth-order valence-corrected chi connectivity index (χ4v) is 8.36. The summed E-state index contributed by atoms with van der Waals surface area (Å²) in [6.45, 7) is 15.3. The number of nitrogens with zero attached hydrogens (tertiary/aromatic N) is 1. The third-order valence-corrected chi connectivity index (χ3v) is 14.2. The molecule has 0 radical (unpaired) electrons. The molecule has 2 aliphatic rings. The number of nitrogens with one attached hydrogen (secondary N) is 1. The first kappa shape index (κ1) is 26.5. The first-order chi connectivity index (χ1) is 16.3. The summed E-state index contributed by atoms with van der Waals surface area (Å²) in [6.07, 6.45) is -0.154. The zero-order valence-corrected chi connectivity index (χ0v) is 24.2. The summed E-state index contributed by atoms with van der Waals surface area (Å²) in [5.41, 5.74) is -0.929. The van der Waals surface area contributed by atoms with Crippen LogP contribution in [-0.4, -0.2) is 63.5 Å². The Morgan fingerprint density at radius 1 is 1.14 bits per heavy atom. The molecular weight excluding hydrogens is 531 g/mol. The number of benzene rings is 1. The molecule has 2 fully saturated rings. The second kappa shape index (κ2) is 9.74. The van der Waals surface area contributed by atoms with E-state index in [2.05, 4.69) is 51.0 Å². The van der Waals surface area contributed by atoms with E-state index in [1.54, 1.807) is 0 Å². The molecule has 192 valence electrons. The van der Waals surface area contributed by atoms with Gasteiger partial charge in [-0.3, -0.25) is 0 Å². The zero-order chi connectivity index (χ0) is 25.6. The van der Waals surface area contributed by atoms with Crippen molar-refractivity contribution in [3.8, 4) is 0 Å². The Kier molecular flexibility index (Phi) is 7.38. The molecule has 4 rings (SSSR count). The van der Waals surface area contributed by atoms with Gasteiger partial charge in [0, 0.05) is 0 Å². The Morgan fingerprint density at radius 3 is 2.40 bits per heavy atom. The van der Waals surface area contributed by atoms with Crippen molar-refractivity contribution in [3.63, 3.8) is 0 Å². The summed E-state index contributed by atoms with van der Waals surface area (Å²) in [5, 5.41) is -0.0128. The molecule has 2 aromatic rings. The second-order valence-electron chi connectivity index (χ2n) is 11.1. The minimum absolute atomic E-state index is 0.0128. The molecule has 5 atom stereocenters. The van der Waals surface area contributed by atoms with Crippen molar-refractivity contribution in [3.05, 3.63) is 63.4 Å². The van der Waals surface area contributed by atoms with Gasteiger partial charge in [-0.25, -0.2) is 0 Å². The molecule has 2 aliphatic heterocycles. The second-order valence-corrected chi connectivity index (χ2v) is 18.5. The molecule has 2 saturated heterocycles. The fourth-order valence-electron chi connectivity index (χ4n) is 4.13. The van der Waals surface area contributed by atoms with Gasteiger partial charge in [-0.05, 0) is 0 Å². The van der Waals surface area contributed by atoms with Crippen molar-refractivity contribution in [2.24, 2.45) is 0 Å². The first-order valence-electron chi connectivity index (χ1n) is 12.0. The number of ether oxygens (including phenoxy) is 3. The topological polar surface area (TPSA) is 91.8 Å². The van der Waals surface area contributed by atoms with Crippen molar-refractivity contribution < 1.29 is 18.6 Å². The van der Waals surface area contributed by atoms with Crippen molar-refractivity contribution in [2.75, 3.05) is 6.61 Å². The summed E-state index contributed by atoms with van der Waals surface area (Å²) in [4.78, 5) is 26.9. The number of hydrogen-bond donors (Lipinski definition) is 1. The van der Waals surface area contributed by atoms with E-state index in [4.69, 9.17) is 18.6 Å². The summed E-state index contributed by atoms with van der Waals surface area (Å²) in [7, 11) is -2.22. The molecule has 0 saturated carbocycles. The molecule has 0 spiro atoms. The van der Waals surface area contributed by atoms with Crippen LogP contribution in [0.4, 0.5) is 0 Å². The van der Waals surface area contributed by atoms with Crippen LogP contribution in [-0.2, 0) is 18.6 Å². The van der Waals surface area contributed by atoms with Gasteiger partial charge in [0.25, 0.3) is 0 Å². The minimum atomic E-state index is -2.22. The Hall–Kier alpha value is -1.52. The number of aromatic amines is 1. The third kappa shape index (κ3) is 5.74. The van der Waals surface area contributed by atoms with Crippen molar-refractivity contribution in [1.29, 1.82) is 0 Å². The molecular formula is C25H36N2O6SeSi. The van der Waals surface area contributed by atoms with Gasteiger partial charge >= 0.3 is 214 Å². The van der Waals surface area contributed by atoms with Crippen LogP contribution in [0, 0.1) is 0 Å². The average molecular weight is 568 g/mol. The van der Waals surface area contributed by atoms with Gasteiger partial charge in [-0.15, -0.1) is 0 Å². The van der Waals surface area contributed by atoms with Gasteiger partial charge in [0.1, 0.15) is 0 Å². The van der Waals surface area contributed by atoms with Gasteiger partial charge in [0.15, 0.2) is 0 Å². The fraction of sp³-hybridized carbons (Fsp3) is 0.600. The van der Waals surface area contributed by atoms with E-state index in [1.807, 2.05) is 32.0 Å². The van der Waals surface area contributed by atoms with Crippen molar-refractivity contribution in [2.45, 2.75) is 87.9 Å². The molecule has 1 aromatic carbocycles. The molecule has 8 nitrogen and oxygen atoms in total. The number of H-pyrrole nitrogens is 1. The van der Waals surface area contributed by atoms with Gasteiger partial charge in [0.2, 0.25) is 0 Å². The molecule has 0 unspecified atom stereocenters. The number of aromatic nitrogens is 2. The maximum absolute atomic E-state index is 12.9. The molecule has 0 aliphatic carbocycles. The van der Waals surface area contributed by atoms with Crippen molar-refractivity contribution >= 4 is 27.7 Å². The summed E-state index contributed by atoms with van der Waals surface area (Å²) >= 11 is -0.0851. The van der Waals surface area contributed by atoms with Crippen LogP contribution >= 0.6 is 0 Å². The van der Waals surface area contributed by atoms with Crippen LogP contribution in [0.3, 0.4) is 0 Å². The Bertz CT molecular complexity index is 1140. The zero-order valence-electron chi connectivity index (χ0n) is 21.4. The maximum atomic E-state index is 12.9. The molecule has 10 heteroatoms. The van der Waals surface area contributed by atoms with E-state index in [-0.39, 0.29) is 37.0 Å². The van der Waals surface area contributed by atoms with E-state index in [1.165, 1.54) is 21.3 Å². The summed E-state index contributed by atoms with van der Waals surface area (Å²) in [5.74, 6) is -0.720. The Morgan fingerprint density at radius 2 is 1.83 bits per heavy atom. The van der Waals surface area contributed by atoms with Crippen LogP contribution in [0.25, 0.3) is 0 Å². The standard InChI is InChI=1S/C25H36N2O6SeSi/c1-24(2,3)35(6,7)33-20-19(17-15-30-25(4,5)32-17)31-22(27-14-13-18(28)26-23(27)29)21(20)34-16-11-9-8-10-12-16/h8-14,17,19-22H,15H2,1-7H3,(H,26,28,29)/t17-,19-,20+,21-,22-/m1/s1. The van der Waals surface area contributed by atoms with E-state index < -0.39 is 37.7 Å². The van der Waals surface area contributed by atoms with Crippen LogP contribution in [0.2, 0.25) is 22.9 Å². The number of hydrogen-bond acceptors (Lipinski definition) is 6. The Labute approximate surface area is 213 Å². The van der Waals surface area contributed by atoms with Crippen molar-refractivity contribution in [1.82, 2.24) is 9.55 Å². The van der Waals surface area contributed by atoms with E-state index >= 15 is 0 Å². The molecule has 3 heterocycles. The quantitative estimate of drug-likeness (QED) is 0.540. The predicted octanol–water partition coefficient (Wildman–Crippen LogP) is 2.79. The summed E-state index contributed by atoms with van der Waals surface area (Å²) in [6, 6.07) is 11.6. The number of rotatable bonds is 6. The van der Waals surface area contributed by atoms with E-state index in [9.17, 15) is 9.59 Å². The molecule has 0 amide bonds. The molecule has 0 bridgehead atoms. The van der Waals surface area contributed by atoms with Crippen LogP contribution in [0.5, 0.6) is 0 Å². The van der Waals surface area contributed by atoms with Crippen LogP contribution < -0.4 is 15.7 Å². The first-order valence-corrected chi connectivity index (χ1v) is 16.7. The van der Waals surface area contributed by atoms with Gasteiger partial charge in [-0.1, -0.05) is 0 Å². The summed E-state index contributed by atoms with van der Waals surface area (Å²) < 4.78 is 28.5. The van der Waals surface area contributed by atoms with Gasteiger partial charge < -0.3 is 0 Å². The Balaban J connectivity index is 1.79. The van der Waals surface area contributed by atoms with Gasteiger partial charge in [-0.2, -0.15) is 0 Å². The average Bonchev–Trinajstić information content (AvgIpc) is 3.28. The van der Waals surface area contributed by atoms with Gasteiger partial charge in [0.05, 0.1) is 0 Å². The normalized spacial score (nSPS) is 28.9. The molecule has 1 N–H and O–H groups in total. The predicted molar refractivity (Wildman–Crippen MR) is 138 cm³/mol. The van der Waals surface area contributed by atoms with E-state index in [0.29, 0.717) is 6.61 Å². The monoisotopic (exact) mass is 568 g/mol. The SMILES string of the molecule is CC1(C)OC[C@H]([C@H]2O[C@@H](n3ccc(=O)[nH]c3=O)[C@H]([Se]c3ccccc3)[C@H]2O[Si](C)(C)C(C)(C)C)O1. The molecule has 35 heavy (non-hydrogen) atoms. The third-order valence-electron chi connectivity index (χ3n) is 7.00. The van der Waals surface area contributed by atoms with E-state index in [0.717, 1.165) is 0 Å². The van der Waals surface area contributed by atoms with Crippen LogP contribution in [0.1, 0.15) is 40.8 Å². The van der Waals surface area contributed by atoms with Crippen LogP contribution in [0.15, 0.2) is 52.2 Å². The molecule has 1 aromatic heterocycles.